The molecule has 260 valence electrons. The molecule has 0 radical (unpaired) electrons. The van der Waals surface area contributed by atoms with E-state index in [1.54, 1.807) is 0 Å². The molecule has 1 saturated heterocycles. The van der Waals surface area contributed by atoms with Gasteiger partial charge in [-0.25, -0.2) is 0 Å². The van der Waals surface area contributed by atoms with Crippen LogP contribution in [0.5, 0.6) is 0 Å². The average molecular weight is 639 g/mol. The van der Waals surface area contributed by atoms with Crippen molar-refractivity contribution in [1.29, 1.82) is 0 Å². The lowest BCUT2D eigenvalue weighted by atomic mass is 9.34. The quantitative estimate of drug-likeness (QED) is 0.164. The van der Waals surface area contributed by atoms with Crippen LogP contribution >= 0.6 is 0 Å². The number of rotatable bonds is 7. The number of aliphatic hydroxyl groups is 7. The minimum atomic E-state index is -1.59. The Morgan fingerprint density at radius 1 is 0.844 bits per heavy atom. The van der Waals surface area contributed by atoms with Crippen molar-refractivity contribution in [1.82, 2.24) is 0 Å². The summed E-state index contributed by atoms with van der Waals surface area (Å²) in [6.07, 6.45) is 0.155. The summed E-state index contributed by atoms with van der Waals surface area (Å²) in [6.45, 7) is 16.8. The van der Waals surface area contributed by atoms with Crippen LogP contribution in [0.15, 0.2) is 12.2 Å². The standard InChI is InChI=1S/C36H62O9/c1-19(2)10-9-15-35(7,43)21-13-16-33(5)20(21)11-12-24-34(33,6)17-14-23-32(3,4)30(28(41)29(42)36(23,24)8)45-31-27(40)26(39)25(38)22(18-37)44-31/h9-10,19-31,37-43H,11-18H2,1-8H3/b10-9+/t20-,21+,22-,23+,24+,25-,26+,27-,28-,29-,30+,31+,33-,34-,35-,36+/m1/s1. The maximum atomic E-state index is 12.1. The van der Waals surface area contributed by atoms with E-state index in [-0.39, 0.29) is 28.6 Å². The van der Waals surface area contributed by atoms with Crippen LogP contribution in [0.3, 0.4) is 0 Å². The minimum Gasteiger partial charge on any atom is -0.394 e. The van der Waals surface area contributed by atoms with Crippen molar-refractivity contribution < 1.29 is 45.2 Å². The van der Waals surface area contributed by atoms with Crippen LogP contribution in [0.4, 0.5) is 0 Å². The molecule has 1 heterocycles. The molecule has 16 atom stereocenters. The summed E-state index contributed by atoms with van der Waals surface area (Å²) in [5.41, 5.74) is -2.15. The van der Waals surface area contributed by atoms with Gasteiger partial charge in [0, 0.05) is 5.41 Å². The van der Waals surface area contributed by atoms with Crippen molar-refractivity contribution in [2.75, 3.05) is 6.61 Å². The van der Waals surface area contributed by atoms with E-state index in [0.29, 0.717) is 18.3 Å². The molecule has 0 amide bonds. The van der Waals surface area contributed by atoms with Crippen LogP contribution in [0, 0.1) is 51.2 Å². The Morgan fingerprint density at radius 2 is 1.49 bits per heavy atom. The summed E-state index contributed by atoms with van der Waals surface area (Å²) in [7, 11) is 0. The fourth-order valence-corrected chi connectivity index (χ4v) is 11.8. The second-order valence-electron chi connectivity index (χ2n) is 17.4. The maximum absolute atomic E-state index is 12.1. The monoisotopic (exact) mass is 638 g/mol. The lowest BCUT2D eigenvalue weighted by Gasteiger charge is -2.71. The van der Waals surface area contributed by atoms with Gasteiger partial charge in [0.2, 0.25) is 0 Å². The van der Waals surface area contributed by atoms with E-state index >= 15 is 0 Å². The van der Waals surface area contributed by atoms with Gasteiger partial charge in [0.05, 0.1) is 24.4 Å². The van der Waals surface area contributed by atoms with Crippen molar-refractivity contribution in [3.63, 3.8) is 0 Å². The van der Waals surface area contributed by atoms with Gasteiger partial charge in [0.15, 0.2) is 6.29 Å². The first kappa shape index (κ1) is 35.7. The van der Waals surface area contributed by atoms with E-state index in [9.17, 15) is 35.7 Å². The van der Waals surface area contributed by atoms with Crippen molar-refractivity contribution in [3.05, 3.63) is 12.2 Å². The lowest BCUT2D eigenvalue weighted by Crippen LogP contribution is -2.73. The van der Waals surface area contributed by atoms with Crippen molar-refractivity contribution >= 4 is 0 Å². The molecule has 4 saturated carbocycles. The molecule has 0 aromatic rings. The van der Waals surface area contributed by atoms with Crippen LogP contribution in [-0.2, 0) is 9.47 Å². The van der Waals surface area contributed by atoms with E-state index in [0.717, 1.165) is 38.5 Å². The summed E-state index contributed by atoms with van der Waals surface area (Å²) in [6, 6.07) is 0. The predicted octanol–water partition coefficient (Wildman–Crippen LogP) is 3.15. The summed E-state index contributed by atoms with van der Waals surface area (Å²) >= 11 is 0. The Bertz CT molecular complexity index is 1090. The van der Waals surface area contributed by atoms with Crippen molar-refractivity contribution in [2.24, 2.45) is 51.2 Å². The lowest BCUT2D eigenvalue weighted by molar-refractivity contribution is -0.355. The van der Waals surface area contributed by atoms with Crippen LogP contribution in [-0.4, -0.2) is 97.0 Å². The Balaban J connectivity index is 1.41. The third-order valence-corrected chi connectivity index (χ3v) is 14.5. The minimum absolute atomic E-state index is 0.0151. The summed E-state index contributed by atoms with van der Waals surface area (Å²) < 4.78 is 11.9. The SMILES string of the molecule is CC(C)/C=C/C[C@@](C)(O)[C@H]1CC[C@]2(C)[C@@H]1CC[C@@H]1[C@@]3(C)[C@H](O)[C@@H](O)[C@H](O[C@@H]4O[C@H](CO)[C@@H](O)[C@H](O)[C@H]4O)C(C)(C)[C@@H]3CC[C@]12C. The molecule has 0 spiro atoms. The molecular weight excluding hydrogens is 576 g/mol. The van der Waals surface area contributed by atoms with E-state index in [1.807, 2.05) is 20.8 Å². The van der Waals surface area contributed by atoms with Gasteiger partial charge in [-0.2, -0.15) is 0 Å². The fourth-order valence-electron chi connectivity index (χ4n) is 11.8. The normalized spacial score (nSPS) is 52.7. The van der Waals surface area contributed by atoms with E-state index in [4.69, 9.17) is 9.47 Å². The van der Waals surface area contributed by atoms with Crippen LogP contribution in [0.1, 0.15) is 100 Å². The Kier molecular flexibility index (Phi) is 9.56. The summed E-state index contributed by atoms with van der Waals surface area (Å²) in [5.74, 6) is 1.16. The number of hydrogen-bond donors (Lipinski definition) is 7. The fraction of sp³-hybridized carbons (Fsp3) is 0.944. The Hall–Kier alpha value is -0.620. The highest BCUT2D eigenvalue weighted by atomic mass is 16.7. The molecule has 0 aromatic carbocycles. The van der Waals surface area contributed by atoms with Gasteiger partial charge in [0.1, 0.15) is 30.5 Å². The Morgan fingerprint density at radius 3 is 2.11 bits per heavy atom. The van der Waals surface area contributed by atoms with Crippen LogP contribution in [0.2, 0.25) is 0 Å². The molecule has 0 aromatic heterocycles. The smallest absolute Gasteiger partial charge is 0.187 e. The highest BCUT2D eigenvalue weighted by Crippen LogP contribution is 2.76. The molecule has 7 N–H and O–H groups in total. The largest absolute Gasteiger partial charge is 0.394 e. The first-order valence-electron chi connectivity index (χ1n) is 17.5. The van der Waals surface area contributed by atoms with Gasteiger partial charge in [0.25, 0.3) is 0 Å². The van der Waals surface area contributed by atoms with Gasteiger partial charge < -0.3 is 45.2 Å². The molecule has 0 unspecified atom stereocenters. The topological polar surface area (TPSA) is 160 Å². The highest BCUT2D eigenvalue weighted by Gasteiger charge is 2.73. The molecule has 9 heteroatoms. The third kappa shape index (κ3) is 5.30. The van der Waals surface area contributed by atoms with E-state index in [1.165, 1.54) is 0 Å². The molecular formula is C36H62O9. The first-order valence-corrected chi connectivity index (χ1v) is 17.5. The van der Waals surface area contributed by atoms with Crippen LogP contribution < -0.4 is 0 Å². The second kappa shape index (κ2) is 12.1. The van der Waals surface area contributed by atoms with Gasteiger partial charge in [-0.1, -0.05) is 60.6 Å². The van der Waals surface area contributed by atoms with E-state index < -0.39 is 72.1 Å². The zero-order valence-corrected chi connectivity index (χ0v) is 28.8. The maximum Gasteiger partial charge on any atom is 0.187 e. The number of aliphatic hydroxyl groups excluding tert-OH is 6. The number of fused-ring (bicyclic) bond motifs is 5. The van der Waals surface area contributed by atoms with Gasteiger partial charge >= 0.3 is 0 Å². The molecule has 5 aliphatic rings. The number of ether oxygens (including phenoxy) is 2. The van der Waals surface area contributed by atoms with Gasteiger partial charge in [-0.3, -0.25) is 0 Å². The first-order chi connectivity index (χ1) is 20.8. The molecule has 1 aliphatic heterocycles. The molecule has 45 heavy (non-hydrogen) atoms. The highest BCUT2D eigenvalue weighted by molar-refractivity contribution is 5.21. The van der Waals surface area contributed by atoms with Gasteiger partial charge in [-0.05, 0) is 97.7 Å². The molecule has 5 rings (SSSR count). The zero-order valence-electron chi connectivity index (χ0n) is 28.8. The zero-order chi connectivity index (χ0) is 33.5. The molecule has 4 aliphatic carbocycles. The number of hydrogen-bond acceptors (Lipinski definition) is 9. The average Bonchev–Trinajstić information content (AvgIpc) is 3.33. The van der Waals surface area contributed by atoms with Crippen LogP contribution in [0.25, 0.3) is 0 Å². The van der Waals surface area contributed by atoms with Crippen molar-refractivity contribution in [3.8, 4) is 0 Å². The summed E-state index contributed by atoms with van der Waals surface area (Å²) in [5, 5.41) is 76.7. The molecule has 0 bridgehead atoms. The third-order valence-electron chi connectivity index (χ3n) is 14.5. The number of allylic oxidation sites excluding steroid dienone is 1. The van der Waals surface area contributed by atoms with Crippen molar-refractivity contribution in [2.45, 2.75) is 155 Å². The van der Waals surface area contributed by atoms with Gasteiger partial charge in [-0.15, -0.1) is 0 Å². The Labute approximate surface area is 270 Å². The predicted molar refractivity (Wildman–Crippen MR) is 170 cm³/mol. The van der Waals surface area contributed by atoms with E-state index in [2.05, 4.69) is 46.8 Å². The second-order valence-corrected chi connectivity index (χ2v) is 17.4. The molecule has 9 nitrogen and oxygen atoms in total. The molecule has 5 fully saturated rings. The summed E-state index contributed by atoms with van der Waals surface area (Å²) in [4.78, 5) is 0.